The summed E-state index contributed by atoms with van der Waals surface area (Å²) in [6.07, 6.45) is 3.75. The molecule has 1 fully saturated rings. The summed E-state index contributed by atoms with van der Waals surface area (Å²) in [4.78, 5) is 30.7. The molecule has 1 saturated heterocycles. The topological polar surface area (TPSA) is 133 Å². The SMILES string of the molecule is CNc1ccc2c(n1)C(C)C(=O)N(N1CCC(NC(=O)Nc3cc(C(C)(C)C)nn3-c3cnoc3)C1)C2. The molecule has 3 aromatic heterocycles. The number of aromatic nitrogens is 4. The van der Waals surface area contributed by atoms with Crippen molar-refractivity contribution in [3.05, 3.63) is 47.6 Å². The van der Waals surface area contributed by atoms with E-state index in [1.807, 2.05) is 37.2 Å². The number of hydrogen-bond acceptors (Lipinski definition) is 8. The van der Waals surface area contributed by atoms with E-state index in [1.54, 1.807) is 15.9 Å². The van der Waals surface area contributed by atoms with Crippen molar-refractivity contribution in [3.63, 3.8) is 0 Å². The molecule has 0 aliphatic carbocycles. The third kappa shape index (κ3) is 4.88. The van der Waals surface area contributed by atoms with Gasteiger partial charge in [0.1, 0.15) is 23.6 Å². The standard InChI is InChI=1S/C25H33N9O3/c1-15-22-16(6-7-20(26-5)29-22)12-33(23(15)35)32-9-8-17(13-32)28-24(36)30-21-10-19(25(2,3)4)31-34(21)18-11-27-37-14-18/h6-7,10-11,14-15,17H,8-9,12-13H2,1-5H3,(H,26,29)(H2,28,30,36). The maximum Gasteiger partial charge on any atom is 0.320 e. The zero-order valence-electron chi connectivity index (χ0n) is 21.8. The Balaban J connectivity index is 1.24. The molecule has 3 aromatic rings. The van der Waals surface area contributed by atoms with Crippen LogP contribution < -0.4 is 16.0 Å². The van der Waals surface area contributed by atoms with Crippen LogP contribution in [0.15, 0.2) is 35.2 Å². The molecule has 5 rings (SSSR count). The summed E-state index contributed by atoms with van der Waals surface area (Å²) in [5.74, 6) is 0.960. The predicted octanol–water partition coefficient (Wildman–Crippen LogP) is 2.85. The van der Waals surface area contributed by atoms with Gasteiger partial charge in [-0.2, -0.15) is 5.10 Å². The molecule has 196 valence electrons. The molecule has 2 aliphatic heterocycles. The summed E-state index contributed by atoms with van der Waals surface area (Å²) in [5.41, 5.74) is 3.09. The fourth-order valence-electron chi connectivity index (χ4n) is 4.72. The van der Waals surface area contributed by atoms with Crippen molar-refractivity contribution in [1.82, 2.24) is 35.3 Å². The van der Waals surface area contributed by atoms with Crippen molar-refractivity contribution in [2.75, 3.05) is 30.8 Å². The van der Waals surface area contributed by atoms with Crippen molar-refractivity contribution in [1.29, 1.82) is 0 Å². The Bertz CT molecular complexity index is 1300. The second kappa shape index (κ2) is 9.51. The van der Waals surface area contributed by atoms with Crippen molar-refractivity contribution in [3.8, 4) is 5.69 Å². The number of rotatable bonds is 5. The fourth-order valence-corrected chi connectivity index (χ4v) is 4.72. The summed E-state index contributed by atoms with van der Waals surface area (Å²) < 4.78 is 6.57. The van der Waals surface area contributed by atoms with E-state index in [2.05, 4.69) is 52.0 Å². The monoisotopic (exact) mass is 507 g/mol. The summed E-state index contributed by atoms with van der Waals surface area (Å²) in [6, 6.07) is 5.36. The largest absolute Gasteiger partial charge is 0.373 e. The summed E-state index contributed by atoms with van der Waals surface area (Å²) in [5, 5.41) is 21.2. The number of nitrogens with zero attached hydrogens (tertiary/aromatic N) is 6. The van der Waals surface area contributed by atoms with Crippen LogP contribution in [0.4, 0.5) is 16.4 Å². The molecule has 0 bridgehead atoms. The lowest BCUT2D eigenvalue weighted by Gasteiger charge is -2.38. The van der Waals surface area contributed by atoms with Gasteiger partial charge in [0.25, 0.3) is 0 Å². The first-order valence-electron chi connectivity index (χ1n) is 12.5. The molecule has 12 nitrogen and oxygen atoms in total. The number of carbonyl (C=O) groups is 2. The Kier molecular flexibility index (Phi) is 6.36. The van der Waals surface area contributed by atoms with Crippen LogP contribution in [-0.2, 0) is 16.8 Å². The normalized spacial score (nSPS) is 20.1. The minimum absolute atomic E-state index is 0.0192. The van der Waals surface area contributed by atoms with Gasteiger partial charge in [0.05, 0.1) is 30.0 Å². The van der Waals surface area contributed by atoms with Crippen LogP contribution in [0.1, 0.15) is 57.0 Å². The van der Waals surface area contributed by atoms with E-state index in [4.69, 9.17) is 4.52 Å². The fraction of sp³-hybridized carbons (Fsp3) is 0.480. The van der Waals surface area contributed by atoms with Gasteiger partial charge in [-0.25, -0.2) is 19.5 Å². The highest BCUT2D eigenvalue weighted by Gasteiger charge is 2.38. The Morgan fingerprint density at radius 3 is 2.76 bits per heavy atom. The van der Waals surface area contributed by atoms with Gasteiger partial charge in [0.15, 0.2) is 0 Å². The number of nitrogens with one attached hydrogen (secondary N) is 3. The van der Waals surface area contributed by atoms with E-state index in [9.17, 15) is 9.59 Å². The number of fused-ring (bicyclic) bond motifs is 1. The maximum absolute atomic E-state index is 13.2. The minimum atomic E-state index is -0.336. The number of anilines is 2. The molecule has 0 saturated carbocycles. The summed E-state index contributed by atoms with van der Waals surface area (Å²) in [6.45, 7) is 9.75. The van der Waals surface area contributed by atoms with Crippen LogP contribution in [0.25, 0.3) is 5.69 Å². The minimum Gasteiger partial charge on any atom is -0.373 e. The molecule has 0 radical (unpaired) electrons. The average Bonchev–Trinajstić information content (AvgIpc) is 3.62. The van der Waals surface area contributed by atoms with Crippen LogP contribution in [0.5, 0.6) is 0 Å². The van der Waals surface area contributed by atoms with Crippen LogP contribution >= 0.6 is 0 Å². The molecule has 2 atom stereocenters. The van der Waals surface area contributed by atoms with Crippen LogP contribution in [-0.4, -0.2) is 68.1 Å². The molecule has 5 heterocycles. The quantitative estimate of drug-likeness (QED) is 0.480. The summed E-state index contributed by atoms with van der Waals surface area (Å²) in [7, 11) is 1.82. The van der Waals surface area contributed by atoms with E-state index < -0.39 is 0 Å². The molecular formula is C25H33N9O3. The molecule has 0 spiro atoms. The first kappa shape index (κ1) is 24.8. The molecule has 3 N–H and O–H groups in total. The van der Waals surface area contributed by atoms with Crippen molar-refractivity contribution in [2.45, 2.75) is 58.0 Å². The van der Waals surface area contributed by atoms with E-state index in [0.29, 0.717) is 31.1 Å². The van der Waals surface area contributed by atoms with Crippen molar-refractivity contribution < 1.29 is 14.1 Å². The van der Waals surface area contributed by atoms with Crippen LogP contribution in [0, 0.1) is 0 Å². The Morgan fingerprint density at radius 1 is 1.24 bits per heavy atom. The maximum atomic E-state index is 13.2. The zero-order valence-corrected chi connectivity index (χ0v) is 21.8. The van der Waals surface area contributed by atoms with Crippen molar-refractivity contribution in [2.24, 2.45) is 0 Å². The van der Waals surface area contributed by atoms with Gasteiger partial charge < -0.3 is 15.2 Å². The lowest BCUT2D eigenvalue weighted by molar-refractivity contribution is -0.152. The van der Waals surface area contributed by atoms with Gasteiger partial charge >= 0.3 is 6.03 Å². The third-order valence-electron chi connectivity index (χ3n) is 6.85. The Morgan fingerprint density at radius 2 is 2.05 bits per heavy atom. The molecule has 0 aromatic carbocycles. The first-order valence-corrected chi connectivity index (χ1v) is 12.5. The van der Waals surface area contributed by atoms with E-state index in [0.717, 1.165) is 29.2 Å². The second-order valence-corrected chi connectivity index (χ2v) is 10.6. The highest BCUT2D eigenvalue weighted by Crippen LogP contribution is 2.31. The number of carbonyl (C=O) groups excluding carboxylic acids is 2. The second-order valence-electron chi connectivity index (χ2n) is 10.6. The first-order chi connectivity index (χ1) is 17.6. The molecule has 3 amide bonds. The Hall–Kier alpha value is -3.93. The van der Waals surface area contributed by atoms with Gasteiger partial charge in [-0.3, -0.25) is 15.1 Å². The van der Waals surface area contributed by atoms with Gasteiger partial charge in [-0.05, 0) is 25.0 Å². The molecular weight excluding hydrogens is 474 g/mol. The van der Waals surface area contributed by atoms with Crippen LogP contribution in [0.2, 0.25) is 0 Å². The zero-order chi connectivity index (χ0) is 26.3. The van der Waals surface area contributed by atoms with Gasteiger partial charge in [-0.15, -0.1) is 0 Å². The number of urea groups is 1. The van der Waals surface area contributed by atoms with Gasteiger partial charge in [0.2, 0.25) is 5.91 Å². The number of hydrazine groups is 1. The lowest BCUT2D eigenvalue weighted by atomic mass is 9.92. The molecule has 2 unspecified atom stereocenters. The van der Waals surface area contributed by atoms with E-state index in [-0.39, 0.29) is 29.3 Å². The Labute approximate surface area is 215 Å². The summed E-state index contributed by atoms with van der Waals surface area (Å²) >= 11 is 0. The van der Waals surface area contributed by atoms with E-state index in [1.165, 1.54) is 6.26 Å². The van der Waals surface area contributed by atoms with Crippen molar-refractivity contribution >= 4 is 23.6 Å². The highest BCUT2D eigenvalue weighted by atomic mass is 16.5. The lowest BCUT2D eigenvalue weighted by Crippen LogP contribution is -2.50. The average molecular weight is 508 g/mol. The van der Waals surface area contributed by atoms with Crippen LogP contribution in [0.3, 0.4) is 0 Å². The third-order valence-corrected chi connectivity index (χ3v) is 6.85. The number of hydrogen-bond donors (Lipinski definition) is 3. The van der Waals surface area contributed by atoms with Gasteiger partial charge in [-0.1, -0.05) is 32.0 Å². The van der Waals surface area contributed by atoms with E-state index >= 15 is 0 Å². The number of pyridine rings is 1. The molecule has 12 heteroatoms. The van der Waals surface area contributed by atoms with Gasteiger partial charge in [0, 0.05) is 37.7 Å². The predicted molar refractivity (Wildman–Crippen MR) is 137 cm³/mol. The number of amides is 3. The highest BCUT2D eigenvalue weighted by molar-refractivity contribution is 5.89. The smallest absolute Gasteiger partial charge is 0.320 e. The molecule has 37 heavy (non-hydrogen) atoms. The molecule has 2 aliphatic rings.